The summed E-state index contributed by atoms with van der Waals surface area (Å²) >= 11 is 0. The molecule has 54 heavy (non-hydrogen) atoms. The maximum absolute atomic E-state index is 13.3. The molecule has 1 N–H and O–H groups in total. The topological polar surface area (TPSA) is 86.3 Å². The van der Waals surface area contributed by atoms with E-state index in [4.69, 9.17) is 17.7 Å². The number of hydrogen-bond donors (Lipinski definition) is 1. The SMILES string of the molecule is CCCCCCCCCCCCCCCCN(CCCCCCCCCCCCCCCC)C(=O)CCC(=O)NCCCO[Si](OCC)(OCC)OCC. The average Bonchev–Trinajstić information content (AvgIpc) is 3.16. The van der Waals surface area contributed by atoms with Gasteiger partial charge in [0.25, 0.3) is 0 Å². The lowest BCUT2D eigenvalue weighted by Crippen LogP contribution is -2.49. The Labute approximate surface area is 337 Å². The summed E-state index contributed by atoms with van der Waals surface area (Å²) in [7, 11) is -3.14. The second-order valence-electron chi connectivity index (χ2n) is 15.4. The molecule has 0 fully saturated rings. The lowest BCUT2D eigenvalue weighted by molar-refractivity contribution is -0.133. The number of carbonyl (C=O) groups is 2. The third-order valence-corrected chi connectivity index (χ3v) is 12.9. The molecule has 0 aliphatic carbocycles. The fraction of sp³-hybridized carbons (Fsp3) is 0.956. The van der Waals surface area contributed by atoms with Gasteiger partial charge in [0.1, 0.15) is 0 Å². The summed E-state index contributed by atoms with van der Waals surface area (Å²) in [5.41, 5.74) is 0. The van der Waals surface area contributed by atoms with Crippen LogP contribution in [0.1, 0.15) is 234 Å². The number of nitrogens with one attached hydrogen (secondary N) is 1. The summed E-state index contributed by atoms with van der Waals surface area (Å²) in [5, 5.41) is 2.96. The predicted octanol–water partition coefficient (Wildman–Crippen LogP) is 12.6. The normalized spacial score (nSPS) is 11.7. The maximum atomic E-state index is 13.3. The Balaban J connectivity index is 4.44. The minimum atomic E-state index is -3.14. The highest BCUT2D eigenvalue weighted by Crippen LogP contribution is 2.16. The average molecular weight is 785 g/mol. The van der Waals surface area contributed by atoms with Gasteiger partial charge in [-0.1, -0.05) is 181 Å². The van der Waals surface area contributed by atoms with Gasteiger partial charge >= 0.3 is 9.05 Å². The summed E-state index contributed by atoms with van der Waals surface area (Å²) in [5.74, 6) is 0.0398. The van der Waals surface area contributed by atoms with Crippen LogP contribution in [-0.2, 0) is 27.3 Å². The van der Waals surface area contributed by atoms with Crippen molar-refractivity contribution in [1.82, 2.24) is 10.2 Å². The monoisotopic (exact) mass is 785 g/mol. The molecule has 0 aromatic carbocycles. The van der Waals surface area contributed by atoms with Crippen molar-refractivity contribution in [2.75, 3.05) is 46.1 Å². The number of amides is 2. The molecule has 2 amide bonds. The Morgan fingerprint density at radius 3 is 1.09 bits per heavy atom. The van der Waals surface area contributed by atoms with Crippen molar-refractivity contribution in [2.24, 2.45) is 0 Å². The molecule has 0 bridgehead atoms. The Hall–Kier alpha value is -1.00. The van der Waals surface area contributed by atoms with Crippen LogP contribution in [0.15, 0.2) is 0 Å². The molecular weight excluding hydrogens is 693 g/mol. The van der Waals surface area contributed by atoms with Crippen molar-refractivity contribution in [3.8, 4) is 0 Å². The molecule has 322 valence electrons. The number of rotatable bonds is 44. The highest BCUT2D eigenvalue weighted by atomic mass is 28.4. The van der Waals surface area contributed by atoms with Crippen LogP contribution >= 0.6 is 0 Å². The molecular formula is C45H92N2O6Si. The minimum absolute atomic E-state index is 0.0841. The Bertz CT molecular complexity index is 755. The van der Waals surface area contributed by atoms with Crippen LogP contribution in [0, 0.1) is 0 Å². The summed E-state index contributed by atoms with van der Waals surface area (Å²) in [4.78, 5) is 28.0. The first-order valence-corrected chi connectivity index (χ1v) is 25.2. The largest absolute Gasteiger partial charge is 0.679 e. The fourth-order valence-corrected chi connectivity index (χ4v) is 9.06. The Kier molecular flexibility index (Phi) is 40.9. The molecule has 0 saturated carbocycles. The molecule has 0 unspecified atom stereocenters. The zero-order chi connectivity index (χ0) is 39.6. The summed E-state index contributed by atoms with van der Waals surface area (Å²) < 4.78 is 23.1. The van der Waals surface area contributed by atoms with E-state index in [0.717, 1.165) is 25.9 Å². The van der Waals surface area contributed by atoms with E-state index in [9.17, 15) is 9.59 Å². The van der Waals surface area contributed by atoms with Gasteiger partial charge in [-0.2, -0.15) is 0 Å². The minimum Gasteiger partial charge on any atom is -0.356 e. The first-order chi connectivity index (χ1) is 26.5. The number of carbonyl (C=O) groups excluding carboxylic acids is 2. The van der Waals surface area contributed by atoms with Gasteiger partial charge in [-0.3, -0.25) is 9.59 Å². The van der Waals surface area contributed by atoms with E-state index in [1.54, 1.807) is 0 Å². The molecule has 0 aromatic heterocycles. The van der Waals surface area contributed by atoms with E-state index in [-0.39, 0.29) is 24.7 Å². The molecule has 0 heterocycles. The van der Waals surface area contributed by atoms with Crippen LogP contribution in [0.2, 0.25) is 0 Å². The van der Waals surface area contributed by atoms with Gasteiger partial charge in [0.15, 0.2) is 0 Å². The van der Waals surface area contributed by atoms with E-state index >= 15 is 0 Å². The summed E-state index contributed by atoms with van der Waals surface area (Å²) in [6, 6.07) is 0. The van der Waals surface area contributed by atoms with E-state index in [1.165, 1.54) is 167 Å². The van der Waals surface area contributed by atoms with Gasteiger partial charge in [-0.05, 0) is 40.0 Å². The summed E-state index contributed by atoms with van der Waals surface area (Å²) in [6.07, 6.45) is 38.4. The van der Waals surface area contributed by atoms with E-state index in [2.05, 4.69) is 24.1 Å². The van der Waals surface area contributed by atoms with Gasteiger partial charge in [0, 0.05) is 58.9 Å². The van der Waals surface area contributed by atoms with Crippen molar-refractivity contribution in [1.29, 1.82) is 0 Å². The number of unbranched alkanes of at least 4 members (excludes halogenated alkanes) is 26. The molecule has 0 aromatic rings. The molecule has 0 radical (unpaired) electrons. The van der Waals surface area contributed by atoms with Crippen molar-refractivity contribution in [3.05, 3.63) is 0 Å². The first kappa shape index (κ1) is 53.0. The molecule has 0 aliphatic heterocycles. The van der Waals surface area contributed by atoms with Crippen LogP contribution in [0.25, 0.3) is 0 Å². The van der Waals surface area contributed by atoms with Gasteiger partial charge in [-0.25, -0.2) is 0 Å². The van der Waals surface area contributed by atoms with Crippen LogP contribution in [0.4, 0.5) is 0 Å². The maximum Gasteiger partial charge on any atom is 0.679 e. The van der Waals surface area contributed by atoms with Crippen molar-refractivity contribution in [3.63, 3.8) is 0 Å². The Morgan fingerprint density at radius 1 is 0.426 bits per heavy atom. The lowest BCUT2D eigenvalue weighted by atomic mass is 10.0. The molecule has 0 atom stereocenters. The van der Waals surface area contributed by atoms with Gasteiger partial charge < -0.3 is 27.9 Å². The lowest BCUT2D eigenvalue weighted by Gasteiger charge is -2.26. The summed E-state index contributed by atoms with van der Waals surface area (Å²) in [6.45, 7) is 14.1. The predicted molar refractivity (Wildman–Crippen MR) is 231 cm³/mol. The molecule has 0 spiro atoms. The van der Waals surface area contributed by atoms with Gasteiger partial charge in [-0.15, -0.1) is 0 Å². The second kappa shape index (κ2) is 41.6. The fourth-order valence-electron chi connectivity index (χ4n) is 7.10. The van der Waals surface area contributed by atoms with Gasteiger partial charge in [0.2, 0.25) is 11.8 Å². The molecule has 8 nitrogen and oxygen atoms in total. The highest BCUT2D eigenvalue weighted by Gasteiger charge is 2.44. The van der Waals surface area contributed by atoms with Crippen LogP contribution in [-0.4, -0.2) is 71.8 Å². The van der Waals surface area contributed by atoms with E-state index in [0.29, 0.717) is 39.4 Å². The molecule has 0 aliphatic rings. The number of nitrogens with zero attached hydrogens (tertiary/aromatic N) is 1. The quantitative estimate of drug-likeness (QED) is 0.0489. The third-order valence-electron chi connectivity index (χ3n) is 10.4. The van der Waals surface area contributed by atoms with Crippen molar-refractivity contribution < 1.29 is 27.3 Å². The Morgan fingerprint density at radius 2 is 0.759 bits per heavy atom. The van der Waals surface area contributed by atoms with Gasteiger partial charge in [0.05, 0.1) is 0 Å². The molecule has 9 heteroatoms. The van der Waals surface area contributed by atoms with Crippen LogP contribution in [0.3, 0.4) is 0 Å². The standard InChI is InChI=1S/C45H92N2O6Si/c1-6-11-13-15-17-19-21-23-25-27-29-31-33-35-41-47(42-36-34-32-30-28-26-24-22-20-18-16-14-12-7-2)45(49)39-38-44(48)46-40-37-43-53-54(50-8-3,51-9-4)52-10-5/h6-43H2,1-5H3,(H,46,48). The molecule has 0 saturated heterocycles. The van der Waals surface area contributed by atoms with E-state index in [1.807, 2.05) is 20.8 Å². The number of hydrogen-bond acceptors (Lipinski definition) is 6. The van der Waals surface area contributed by atoms with E-state index < -0.39 is 9.05 Å². The second-order valence-corrected chi connectivity index (χ2v) is 17.6. The zero-order valence-corrected chi connectivity index (χ0v) is 37.8. The smallest absolute Gasteiger partial charge is 0.356 e. The van der Waals surface area contributed by atoms with Crippen molar-refractivity contribution >= 4 is 20.9 Å². The first-order valence-electron chi connectivity index (χ1n) is 23.6. The third kappa shape index (κ3) is 34.3. The zero-order valence-electron chi connectivity index (χ0n) is 36.8. The van der Waals surface area contributed by atoms with Crippen LogP contribution < -0.4 is 5.32 Å². The van der Waals surface area contributed by atoms with Crippen molar-refractivity contribution in [2.45, 2.75) is 234 Å². The van der Waals surface area contributed by atoms with Crippen LogP contribution in [0.5, 0.6) is 0 Å². The molecule has 0 rings (SSSR count). The highest BCUT2D eigenvalue weighted by molar-refractivity contribution is 6.53.